The molecule has 2 atom stereocenters. The van der Waals surface area contributed by atoms with Crippen LogP contribution in [0.5, 0.6) is 0 Å². The summed E-state index contributed by atoms with van der Waals surface area (Å²) >= 11 is 0. The first kappa shape index (κ1) is 25.4. The Morgan fingerprint density at radius 2 is 1.88 bits per heavy atom. The summed E-state index contributed by atoms with van der Waals surface area (Å²) < 4.78 is 5.66. The molecule has 0 aliphatic carbocycles. The topological polar surface area (TPSA) is 67.6 Å². The summed E-state index contributed by atoms with van der Waals surface area (Å²) in [4.78, 5) is 14.1. The number of hydrogen-bond acceptors (Lipinski definition) is 4. The van der Waals surface area contributed by atoms with Crippen molar-refractivity contribution in [2.24, 2.45) is 5.73 Å². The number of benzene rings is 1. The van der Waals surface area contributed by atoms with Crippen LogP contribution in [0.1, 0.15) is 31.4 Å². The highest BCUT2D eigenvalue weighted by molar-refractivity contribution is 5.85. The van der Waals surface area contributed by atoms with Crippen LogP contribution in [0.2, 0.25) is 0 Å². The van der Waals surface area contributed by atoms with Gasteiger partial charge in [-0.05, 0) is 33.0 Å². The van der Waals surface area contributed by atoms with Crippen molar-refractivity contribution >= 4 is 30.7 Å². The number of nitrogens with zero attached hydrogens (tertiary/aromatic N) is 1. The molecule has 3 N–H and O–H groups in total. The normalized spacial score (nSPS) is 12.7. The first-order chi connectivity index (χ1) is 10.5. The second-order valence-electron chi connectivity index (χ2n) is 5.69. The van der Waals surface area contributed by atoms with E-state index in [2.05, 4.69) is 10.2 Å². The van der Waals surface area contributed by atoms with E-state index in [4.69, 9.17) is 10.5 Å². The highest BCUT2D eigenvalue weighted by atomic mass is 35.5. The summed E-state index contributed by atoms with van der Waals surface area (Å²) in [6, 6.07) is 9.41. The maximum atomic E-state index is 12.0. The fourth-order valence-corrected chi connectivity index (χ4v) is 2.20. The van der Waals surface area contributed by atoms with E-state index >= 15 is 0 Å². The molecule has 1 aromatic carbocycles. The third kappa shape index (κ3) is 10.8. The van der Waals surface area contributed by atoms with Crippen LogP contribution in [-0.2, 0) is 9.53 Å². The van der Waals surface area contributed by atoms with Crippen molar-refractivity contribution in [1.82, 2.24) is 10.2 Å². The Hall–Kier alpha value is -0.850. The summed E-state index contributed by atoms with van der Waals surface area (Å²) in [5, 5.41) is 2.93. The van der Waals surface area contributed by atoms with Crippen molar-refractivity contribution in [3.63, 3.8) is 0 Å². The Balaban J connectivity index is 0. The second-order valence-corrected chi connectivity index (χ2v) is 5.69. The molecule has 0 aromatic heterocycles. The summed E-state index contributed by atoms with van der Waals surface area (Å²) in [7, 11) is 4.06. The number of amides is 1. The molecule has 140 valence electrons. The van der Waals surface area contributed by atoms with Crippen molar-refractivity contribution < 1.29 is 9.53 Å². The minimum Gasteiger partial charge on any atom is -0.377 e. The Bertz CT molecular complexity index is 433. The molecule has 7 heteroatoms. The van der Waals surface area contributed by atoms with Crippen LogP contribution >= 0.6 is 24.8 Å². The highest BCUT2D eigenvalue weighted by Gasteiger charge is 2.14. The molecule has 5 nitrogen and oxygen atoms in total. The fourth-order valence-electron chi connectivity index (χ4n) is 2.20. The zero-order valence-electron chi connectivity index (χ0n) is 14.7. The average Bonchev–Trinajstić information content (AvgIpc) is 2.50. The first-order valence-electron chi connectivity index (χ1n) is 7.86. The summed E-state index contributed by atoms with van der Waals surface area (Å²) in [6.45, 7) is 4.08. The Labute approximate surface area is 158 Å². The lowest BCUT2D eigenvalue weighted by Gasteiger charge is -2.20. The Morgan fingerprint density at radius 1 is 1.25 bits per heavy atom. The van der Waals surface area contributed by atoms with Gasteiger partial charge in [-0.2, -0.15) is 0 Å². The van der Waals surface area contributed by atoms with E-state index in [0.29, 0.717) is 13.2 Å². The number of carbonyl (C=O) groups excluding carboxylic acids is 1. The predicted molar refractivity (Wildman–Crippen MR) is 104 cm³/mol. The van der Waals surface area contributed by atoms with Crippen LogP contribution in [0.4, 0.5) is 0 Å². The zero-order chi connectivity index (χ0) is 16.4. The molecule has 0 heterocycles. The smallest absolute Gasteiger partial charge is 0.221 e. The minimum absolute atomic E-state index is 0. The van der Waals surface area contributed by atoms with E-state index in [1.165, 1.54) is 0 Å². The number of rotatable bonds is 10. The quantitative estimate of drug-likeness (QED) is 0.654. The predicted octanol–water partition coefficient (Wildman–Crippen LogP) is 2.39. The van der Waals surface area contributed by atoms with E-state index in [9.17, 15) is 4.79 Å². The molecular formula is C17H31Cl2N3O2. The lowest BCUT2D eigenvalue weighted by Crippen LogP contribution is -2.36. The van der Waals surface area contributed by atoms with E-state index in [-0.39, 0.29) is 49.3 Å². The molecule has 2 unspecified atom stereocenters. The van der Waals surface area contributed by atoms with Gasteiger partial charge in [0.25, 0.3) is 0 Å². The lowest BCUT2D eigenvalue weighted by atomic mass is 10.0. The van der Waals surface area contributed by atoms with Gasteiger partial charge in [-0.15, -0.1) is 24.8 Å². The summed E-state index contributed by atoms with van der Waals surface area (Å²) in [5.74, 6) is -0.0362. The zero-order valence-corrected chi connectivity index (χ0v) is 16.4. The molecule has 0 saturated carbocycles. The molecule has 1 amide bonds. The molecule has 24 heavy (non-hydrogen) atoms. The van der Waals surface area contributed by atoms with Crippen LogP contribution in [0, 0.1) is 0 Å². The maximum Gasteiger partial charge on any atom is 0.221 e. The van der Waals surface area contributed by atoms with Gasteiger partial charge < -0.3 is 20.7 Å². The molecule has 0 fully saturated rings. The van der Waals surface area contributed by atoms with Gasteiger partial charge in [-0.25, -0.2) is 0 Å². The first-order valence-corrected chi connectivity index (χ1v) is 7.86. The molecule has 0 radical (unpaired) electrons. The van der Waals surface area contributed by atoms with Gasteiger partial charge in [0.2, 0.25) is 5.91 Å². The number of nitrogens with two attached hydrogens (primary N) is 1. The lowest BCUT2D eigenvalue weighted by molar-refractivity contribution is -0.122. The van der Waals surface area contributed by atoms with Crippen LogP contribution in [0.3, 0.4) is 0 Å². The van der Waals surface area contributed by atoms with E-state index in [0.717, 1.165) is 18.5 Å². The third-order valence-electron chi connectivity index (χ3n) is 3.46. The van der Waals surface area contributed by atoms with E-state index in [1.54, 1.807) is 0 Å². The molecule has 0 aliphatic heterocycles. The van der Waals surface area contributed by atoms with Crippen molar-refractivity contribution in [1.29, 1.82) is 0 Å². The van der Waals surface area contributed by atoms with Crippen molar-refractivity contribution in [3.8, 4) is 0 Å². The molecule has 1 rings (SSSR count). The van der Waals surface area contributed by atoms with Gasteiger partial charge in [0.1, 0.15) is 0 Å². The van der Waals surface area contributed by atoms with Gasteiger partial charge in [-0.3, -0.25) is 4.79 Å². The Kier molecular flexibility index (Phi) is 15.3. The van der Waals surface area contributed by atoms with E-state index in [1.807, 2.05) is 51.4 Å². The van der Waals surface area contributed by atoms with Crippen molar-refractivity contribution in [2.45, 2.75) is 31.9 Å². The number of hydrogen-bond donors (Lipinski definition) is 2. The van der Waals surface area contributed by atoms with Crippen molar-refractivity contribution in [2.75, 3.05) is 33.8 Å². The van der Waals surface area contributed by atoms with Crippen LogP contribution < -0.4 is 11.1 Å². The highest BCUT2D eigenvalue weighted by Crippen LogP contribution is 2.12. The standard InChI is InChI=1S/C17H29N3O2.2ClH/c1-4-22-15(10-11-20(2)3)13-19-17(21)12-16(18)14-8-6-5-7-9-14;;/h5-9,15-16H,4,10-13,18H2,1-3H3,(H,19,21);2*1H. The summed E-state index contributed by atoms with van der Waals surface area (Å²) in [6.07, 6.45) is 1.23. The van der Waals surface area contributed by atoms with Crippen LogP contribution in [-0.4, -0.2) is 50.7 Å². The monoisotopic (exact) mass is 379 g/mol. The molecular weight excluding hydrogens is 349 g/mol. The van der Waals surface area contributed by atoms with Gasteiger partial charge in [0, 0.05) is 32.2 Å². The van der Waals surface area contributed by atoms with Gasteiger partial charge in [-0.1, -0.05) is 30.3 Å². The molecule has 0 bridgehead atoms. The minimum atomic E-state index is -0.270. The van der Waals surface area contributed by atoms with Gasteiger partial charge in [0.05, 0.1) is 6.10 Å². The molecule has 0 aliphatic rings. The fraction of sp³-hybridized carbons (Fsp3) is 0.588. The SMILES string of the molecule is CCOC(CCN(C)C)CNC(=O)CC(N)c1ccccc1.Cl.Cl. The van der Waals surface area contributed by atoms with Crippen LogP contribution in [0.25, 0.3) is 0 Å². The number of carbonyl (C=O) groups is 1. The summed E-state index contributed by atoms with van der Waals surface area (Å²) in [5.41, 5.74) is 7.04. The number of halogens is 2. The second kappa shape index (κ2) is 14.5. The average molecular weight is 380 g/mol. The molecule has 0 spiro atoms. The van der Waals surface area contributed by atoms with Gasteiger partial charge >= 0.3 is 0 Å². The van der Waals surface area contributed by atoms with Crippen molar-refractivity contribution in [3.05, 3.63) is 35.9 Å². The number of nitrogens with one attached hydrogen (secondary N) is 1. The van der Waals surface area contributed by atoms with E-state index < -0.39 is 0 Å². The third-order valence-corrected chi connectivity index (χ3v) is 3.46. The Morgan fingerprint density at radius 3 is 2.42 bits per heavy atom. The molecule has 0 saturated heterocycles. The maximum absolute atomic E-state index is 12.0. The number of ether oxygens (including phenoxy) is 1. The van der Waals surface area contributed by atoms with Gasteiger partial charge in [0.15, 0.2) is 0 Å². The van der Waals surface area contributed by atoms with Crippen LogP contribution in [0.15, 0.2) is 30.3 Å². The largest absolute Gasteiger partial charge is 0.377 e. The molecule has 1 aromatic rings.